The molecule has 1 unspecified atom stereocenters. The minimum Gasteiger partial charge on any atom is -0.355 e. The van der Waals surface area contributed by atoms with E-state index in [1.807, 2.05) is 0 Å². The molecule has 2 fully saturated rings. The molecule has 0 spiro atoms. The van der Waals surface area contributed by atoms with Gasteiger partial charge < -0.3 is 10.2 Å². The van der Waals surface area contributed by atoms with Crippen molar-refractivity contribution in [3.8, 4) is 0 Å². The van der Waals surface area contributed by atoms with Gasteiger partial charge in [0.05, 0.1) is 11.5 Å². The lowest BCUT2D eigenvalue weighted by Crippen LogP contribution is -2.48. The predicted molar refractivity (Wildman–Crippen MR) is 94.6 cm³/mol. The molecule has 1 aliphatic carbocycles. The van der Waals surface area contributed by atoms with Crippen LogP contribution in [0.4, 0.5) is 4.39 Å². The Hall–Kier alpha value is -1.96. The molecular formula is C18H23FN2O4S. The number of amides is 2. The number of benzene rings is 1. The molecule has 8 heteroatoms. The molecular weight excluding hydrogens is 359 g/mol. The van der Waals surface area contributed by atoms with E-state index < -0.39 is 15.3 Å². The lowest BCUT2D eigenvalue weighted by molar-refractivity contribution is -0.144. The Morgan fingerprint density at radius 3 is 2.46 bits per heavy atom. The second-order valence-corrected chi connectivity index (χ2v) is 9.42. The lowest BCUT2D eigenvalue weighted by atomic mass is 10.0. The van der Waals surface area contributed by atoms with Crippen LogP contribution in [0.1, 0.15) is 24.8 Å². The van der Waals surface area contributed by atoms with Gasteiger partial charge in [-0.25, -0.2) is 12.8 Å². The first-order valence-electron chi connectivity index (χ1n) is 8.74. The maximum absolute atomic E-state index is 12.9. The Kier molecular flexibility index (Phi) is 5.05. The van der Waals surface area contributed by atoms with Crippen LogP contribution in [-0.4, -0.2) is 56.3 Å². The molecule has 1 saturated carbocycles. The monoisotopic (exact) mass is 382 g/mol. The maximum Gasteiger partial charge on any atom is 0.238 e. The van der Waals surface area contributed by atoms with Crippen molar-refractivity contribution in [2.45, 2.75) is 31.7 Å². The third kappa shape index (κ3) is 3.90. The highest BCUT2D eigenvalue weighted by molar-refractivity contribution is 7.91. The highest BCUT2D eigenvalue weighted by atomic mass is 32.2. The number of carbonyl (C=O) groups is 2. The van der Waals surface area contributed by atoms with Crippen molar-refractivity contribution in [3.63, 3.8) is 0 Å². The fourth-order valence-corrected chi connectivity index (χ4v) is 5.16. The Morgan fingerprint density at radius 1 is 1.27 bits per heavy atom. The van der Waals surface area contributed by atoms with Gasteiger partial charge in [-0.15, -0.1) is 0 Å². The third-order valence-corrected chi connectivity index (χ3v) is 7.03. The molecule has 1 aliphatic heterocycles. The van der Waals surface area contributed by atoms with E-state index in [2.05, 4.69) is 5.32 Å². The summed E-state index contributed by atoms with van der Waals surface area (Å²) in [6.07, 6.45) is 1.94. The molecule has 2 aliphatic rings. The van der Waals surface area contributed by atoms with Crippen LogP contribution >= 0.6 is 0 Å². The van der Waals surface area contributed by atoms with E-state index in [1.165, 1.54) is 17.0 Å². The van der Waals surface area contributed by atoms with Crippen LogP contribution in [0.15, 0.2) is 24.3 Å². The van der Waals surface area contributed by atoms with Gasteiger partial charge in [-0.2, -0.15) is 0 Å². The minimum absolute atomic E-state index is 0.0303. The number of carbonyl (C=O) groups excluding carboxylic acids is 2. The molecule has 6 nitrogen and oxygen atoms in total. The number of hydrogen-bond acceptors (Lipinski definition) is 4. The number of nitrogens with one attached hydrogen (secondary N) is 1. The summed E-state index contributed by atoms with van der Waals surface area (Å²) in [5.41, 5.74) is -0.152. The van der Waals surface area contributed by atoms with Crippen LogP contribution in [0.25, 0.3) is 0 Å². The van der Waals surface area contributed by atoms with E-state index in [4.69, 9.17) is 0 Å². The lowest BCUT2D eigenvalue weighted by Gasteiger charge is -2.27. The summed E-state index contributed by atoms with van der Waals surface area (Å²) in [4.78, 5) is 26.7. The van der Waals surface area contributed by atoms with Crippen LogP contribution in [0, 0.1) is 11.2 Å². The van der Waals surface area contributed by atoms with Gasteiger partial charge in [0.1, 0.15) is 11.2 Å². The zero-order chi connectivity index (χ0) is 18.9. The molecule has 1 atom stereocenters. The summed E-state index contributed by atoms with van der Waals surface area (Å²) in [7, 11) is -1.51. The first-order chi connectivity index (χ1) is 12.2. The molecule has 1 N–H and O–H groups in total. The van der Waals surface area contributed by atoms with Crippen LogP contribution in [0.3, 0.4) is 0 Å². The molecule has 0 aromatic heterocycles. The molecule has 26 heavy (non-hydrogen) atoms. The number of hydrogen-bond donors (Lipinski definition) is 1. The SMILES string of the molecule is CN(C(=O)C1(C(=O)NCCc2ccc(F)cc2)CC1)C1CCS(=O)(=O)C1. The van der Waals surface area contributed by atoms with Gasteiger partial charge >= 0.3 is 0 Å². The molecule has 1 heterocycles. The van der Waals surface area contributed by atoms with Gasteiger partial charge in [0.25, 0.3) is 0 Å². The van der Waals surface area contributed by atoms with Crippen molar-refractivity contribution in [1.82, 2.24) is 10.2 Å². The van der Waals surface area contributed by atoms with Gasteiger partial charge in [0, 0.05) is 19.6 Å². The Labute approximate surface area is 152 Å². The Morgan fingerprint density at radius 2 is 1.92 bits per heavy atom. The second kappa shape index (κ2) is 6.98. The molecule has 1 aromatic rings. The molecule has 0 bridgehead atoms. The van der Waals surface area contributed by atoms with Crippen molar-refractivity contribution >= 4 is 21.7 Å². The van der Waals surface area contributed by atoms with Crippen LogP contribution in [0.2, 0.25) is 0 Å². The molecule has 0 radical (unpaired) electrons. The molecule has 3 rings (SSSR count). The van der Waals surface area contributed by atoms with Crippen molar-refractivity contribution in [3.05, 3.63) is 35.6 Å². The summed E-state index contributed by atoms with van der Waals surface area (Å²) in [6, 6.07) is 5.71. The van der Waals surface area contributed by atoms with Crippen molar-refractivity contribution in [1.29, 1.82) is 0 Å². The van der Waals surface area contributed by atoms with E-state index in [0.29, 0.717) is 32.2 Å². The van der Waals surface area contributed by atoms with Crippen LogP contribution < -0.4 is 5.32 Å². The van der Waals surface area contributed by atoms with Gasteiger partial charge in [0.15, 0.2) is 9.84 Å². The molecule has 142 valence electrons. The van der Waals surface area contributed by atoms with E-state index in [1.54, 1.807) is 19.2 Å². The number of sulfone groups is 1. The van der Waals surface area contributed by atoms with Crippen molar-refractivity contribution < 1.29 is 22.4 Å². The molecule has 1 saturated heterocycles. The average Bonchev–Trinajstić information content (AvgIpc) is 3.33. The smallest absolute Gasteiger partial charge is 0.238 e. The first-order valence-corrected chi connectivity index (χ1v) is 10.6. The van der Waals surface area contributed by atoms with Crippen molar-refractivity contribution in [2.24, 2.45) is 5.41 Å². The summed E-state index contributed by atoms with van der Waals surface area (Å²) in [5.74, 6) is -0.850. The third-order valence-electron chi connectivity index (χ3n) is 5.28. The normalized spacial score (nSPS) is 22.6. The summed E-state index contributed by atoms with van der Waals surface area (Å²) in [6.45, 7) is 0.362. The number of halogens is 1. The topological polar surface area (TPSA) is 83.6 Å². The van der Waals surface area contributed by atoms with E-state index in [9.17, 15) is 22.4 Å². The molecule has 2 amide bonds. The summed E-state index contributed by atoms with van der Waals surface area (Å²) < 4.78 is 36.1. The minimum atomic E-state index is -3.09. The van der Waals surface area contributed by atoms with E-state index in [0.717, 1.165) is 5.56 Å². The van der Waals surface area contributed by atoms with Crippen LogP contribution in [0.5, 0.6) is 0 Å². The van der Waals surface area contributed by atoms with Gasteiger partial charge in [0.2, 0.25) is 11.8 Å². The Bertz CT molecular complexity index is 803. The van der Waals surface area contributed by atoms with E-state index >= 15 is 0 Å². The fraction of sp³-hybridized carbons (Fsp3) is 0.556. The van der Waals surface area contributed by atoms with Crippen LogP contribution in [-0.2, 0) is 25.8 Å². The molecule has 1 aromatic carbocycles. The average molecular weight is 382 g/mol. The highest BCUT2D eigenvalue weighted by Gasteiger charge is 2.58. The standard InChI is InChI=1S/C18H23FN2O4S/c1-21(15-7-11-26(24,25)12-15)17(23)18(8-9-18)16(22)20-10-6-13-2-4-14(19)5-3-13/h2-5,15H,6-12H2,1H3,(H,20,22). The largest absolute Gasteiger partial charge is 0.355 e. The second-order valence-electron chi connectivity index (χ2n) is 7.19. The number of nitrogens with zero attached hydrogens (tertiary/aromatic N) is 1. The zero-order valence-corrected chi connectivity index (χ0v) is 15.5. The fourth-order valence-electron chi connectivity index (χ4n) is 3.39. The quantitative estimate of drug-likeness (QED) is 0.742. The van der Waals surface area contributed by atoms with E-state index in [-0.39, 0.29) is 35.2 Å². The summed E-state index contributed by atoms with van der Waals surface area (Å²) >= 11 is 0. The zero-order valence-electron chi connectivity index (χ0n) is 14.7. The highest BCUT2D eigenvalue weighted by Crippen LogP contribution is 2.47. The maximum atomic E-state index is 12.9. The van der Waals surface area contributed by atoms with Gasteiger partial charge in [-0.1, -0.05) is 12.1 Å². The van der Waals surface area contributed by atoms with Crippen molar-refractivity contribution in [2.75, 3.05) is 25.1 Å². The van der Waals surface area contributed by atoms with Gasteiger partial charge in [-0.3, -0.25) is 9.59 Å². The summed E-state index contributed by atoms with van der Waals surface area (Å²) in [5, 5.41) is 2.79. The van der Waals surface area contributed by atoms with Gasteiger partial charge in [-0.05, 0) is 43.4 Å². The Balaban J connectivity index is 1.54. The first kappa shape index (κ1) is 18.8. The predicted octanol–water partition coefficient (Wildman–Crippen LogP) is 0.910. The number of rotatable bonds is 6.